The van der Waals surface area contributed by atoms with Crippen molar-refractivity contribution < 1.29 is 24.3 Å². The van der Waals surface area contributed by atoms with Crippen LogP contribution in [0, 0.1) is 10.1 Å². The maximum absolute atomic E-state index is 11.9. The van der Waals surface area contributed by atoms with Gasteiger partial charge in [-0.3, -0.25) is 14.9 Å². The molecule has 0 spiro atoms. The fraction of sp³-hybridized carbons (Fsp3) is 0.462. The van der Waals surface area contributed by atoms with Crippen LogP contribution in [0.15, 0.2) is 18.2 Å². The molecule has 1 fully saturated rings. The van der Waals surface area contributed by atoms with Crippen LogP contribution in [0.5, 0.6) is 5.75 Å². The van der Waals surface area contributed by atoms with Gasteiger partial charge in [-0.1, -0.05) is 6.07 Å². The quantitative estimate of drug-likeness (QED) is 0.620. The molecule has 0 radical (unpaired) electrons. The van der Waals surface area contributed by atoms with Crippen molar-refractivity contribution in [2.45, 2.75) is 6.61 Å². The number of aliphatic hydroxyl groups excluding tert-OH is 1. The molecule has 21 heavy (non-hydrogen) atoms. The highest BCUT2D eigenvalue weighted by Gasteiger charge is 2.20. The fourth-order valence-corrected chi connectivity index (χ4v) is 1.97. The lowest BCUT2D eigenvalue weighted by Gasteiger charge is -2.26. The molecule has 0 aliphatic carbocycles. The Labute approximate surface area is 121 Å². The number of amides is 1. The number of hydrogen-bond donors (Lipinski definition) is 1. The van der Waals surface area contributed by atoms with Crippen LogP contribution in [-0.2, 0) is 16.1 Å². The molecule has 2 rings (SSSR count). The van der Waals surface area contributed by atoms with Crippen molar-refractivity contribution in [1.29, 1.82) is 0 Å². The van der Waals surface area contributed by atoms with Crippen molar-refractivity contribution in [2.75, 3.05) is 32.9 Å². The Morgan fingerprint density at radius 2 is 2.14 bits per heavy atom. The molecular weight excluding hydrogens is 280 g/mol. The van der Waals surface area contributed by atoms with E-state index in [-0.39, 0.29) is 30.6 Å². The van der Waals surface area contributed by atoms with Crippen molar-refractivity contribution in [3.63, 3.8) is 0 Å². The van der Waals surface area contributed by atoms with E-state index in [1.807, 2.05) is 0 Å². The molecule has 0 aromatic heterocycles. The van der Waals surface area contributed by atoms with Crippen LogP contribution < -0.4 is 4.74 Å². The van der Waals surface area contributed by atoms with Gasteiger partial charge in [0.05, 0.1) is 24.7 Å². The third kappa shape index (κ3) is 3.89. The topological polar surface area (TPSA) is 102 Å². The maximum atomic E-state index is 11.9. The lowest BCUT2D eigenvalue weighted by Crippen LogP contribution is -2.43. The molecule has 1 saturated heterocycles. The number of morpholine rings is 1. The third-order valence-corrected chi connectivity index (χ3v) is 3.12. The van der Waals surface area contributed by atoms with Crippen molar-refractivity contribution in [1.82, 2.24) is 4.90 Å². The van der Waals surface area contributed by atoms with Gasteiger partial charge in [0, 0.05) is 19.2 Å². The molecule has 8 nitrogen and oxygen atoms in total. The van der Waals surface area contributed by atoms with Crippen LogP contribution in [0.1, 0.15) is 5.56 Å². The second-order valence-corrected chi connectivity index (χ2v) is 4.50. The summed E-state index contributed by atoms with van der Waals surface area (Å²) in [5.41, 5.74) is 0.143. The first kappa shape index (κ1) is 15.2. The SMILES string of the molecule is O=C(COc1ccc(CO)cc1[N+](=O)[O-])N1CCOCC1. The standard InChI is InChI=1S/C13H16N2O6/c16-8-10-1-2-12(11(7-10)15(18)19)21-9-13(17)14-3-5-20-6-4-14/h1-2,7,16H,3-6,8-9H2. The van der Waals surface area contributed by atoms with Crippen molar-refractivity contribution in [2.24, 2.45) is 0 Å². The molecular formula is C13H16N2O6. The molecule has 1 aromatic rings. The van der Waals surface area contributed by atoms with Crippen molar-refractivity contribution in [3.8, 4) is 5.75 Å². The number of rotatable bonds is 5. The molecule has 0 bridgehead atoms. The monoisotopic (exact) mass is 296 g/mol. The Hall–Kier alpha value is -2.19. The number of carbonyl (C=O) groups is 1. The Bertz CT molecular complexity index is 527. The second-order valence-electron chi connectivity index (χ2n) is 4.50. The Morgan fingerprint density at radius 3 is 2.76 bits per heavy atom. The molecule has 1 amide bonds. The summed E-state index contributed by atoms with van der Waals surface area (Å²) in [6, 6.07) is 4.13. The van der Waals surface area contributed by atoms with E-state index in [0.717, 1.165) is 0 Å². The molecule has 1 aliphatic heterocycles. The molecule has 114 valence electrons. The largest absolute Gasteiger partial charge is 0.477 e. The lowest BCUT2D eigenvalue weighted by molar-refractivity contribution is -0.385. The minimum atomic E-state index is -0.603. The van der Waals surface area contributed by atoms with Gasteiger partial charge in [-0.2, -0.15) is 0 Å². The highest BCUT2D eigenvalue weighted by Crippen LogP contribution is 2.28. The summed E-state index contributed by atoms with van der Waals surface area (Å²) in [5, 5.41) is 20.0. The van der Waals surface area contributed by atoms with Crippen molar-refractivity contribution in [3.05, 3.63) is 33.9 Å². The zero-order valence-corrected chi connectivity index (χ0v) is 11.4. The van der Waals surface area contributed by atoms with E-state index in [0.29, 0.717) is 31.9 Å². The van der Waals surface area contributed by atoms with E-state index < -0.39 is 4.92 Å². The Balaban J connectivity index is 2.02. The lowest BCUT2D eigenvalue weighted by atomic mass is 10.2. The summed E-state index contributed by atoms with van der Waals surface area (Å²) >= 11 is 0. The Kier molecular flexibility index (Phi) is 5.07. The van der Waals surface area contributed by atoms with E-state index in [4.69, 9.17) is 14.6 Å². The number of nitrogens with zero attached hydrogens (tertiary/aromatic N) is 2. The maximum Gasteiger partial charge on any atom is 0.311 e. The van der Waals surface area contributed by atoms with Crippen LogP contribution in [0.2, 0.25) is 0 Å². The van der Waals surface area contributed by atoms with Gasteiger partial charge in [-0.25, -0.2) is 0 Å². The van der Waals surface area contributed by atoms with Gasteiger partial charge in [0.1, 0.15) is 0 Å². The zero-order chi connectivity index (χ0) is 15.2. The third-order valence-electron chi connectivity index (χ3n) is 3.12. The van der Waals surface area contributed by atoms with E-state index >= 15 is 0 Å². The number of nitro benzene ring substituents is 1. The summed E-state index contributed by atoms with van der Waals surface area (Å²) in [6.45, 7) is 1.39. The van der Waals surface area contributed by atoms with Gasteiger partial charge in [0.2, 0.25) is 0 Å². The number of benzene rings is 1. The summed E-state index contributed by atoms with van der Waals surface area (Å²) in [4.78, 5) is 23.9. The predicted molar refractivity (Wildman–Crippen MR) is 71.9 cm³/mol. The number of hydrogen-bond acceptors (Lipinski definition) is 6. The van der Waals surface area contributed by atoms with Gasteiger partial charge >= 0.3 is 5.69 Å². The van der Waals surface area contributed by atoms with Gasteiger partial charge in [-0.05, 0) is 11.6 Å². The van der Waals surface area contributed by atoms with E-state index in [2.05, 4.69) is 0 Å². The first-order valence-corrected chi connectivity index (χ1v) is 6.48. The van der Waals surface area contributed by atoms with Gasteiger partial charge < -0.3 is 19.5 Å². The summed E-state index contributed by atoms with van der Waals surface area (Å²) in [6.07, 6.45) is 0. The number of aliphatic hydroxyl groups is 1. The number of nitro groups is 1. The fourth-order valence-electron chi connectivity index (χ4n) is 1.97. The highest BCUT2D eigenvalue weighted by molar-refractivity contribution is 5.78. The van der Waals surface area contributed by atoms with Crippen LogP contribution in [0.3, 0.4) is 0 Å². The van der Waals surface area contributed by atoms with E-state index in [1.54, 1.807) is 4.90 Å². The van der Waals surface area contributed by atoms with Crippen LogP contribution >= 0.6 is 0 Å². The minimum Gasteiger partial charge on any atom is -0.477 e. The van der Waals surface area contributed by atoms with Crippen LogP contribution in [-0.4, -0.2) is 53.7 Å². The molecule has 0 unspecified atom stereocenters. The highest BCUT2D eigenvalue weighted by atomic mass is 16.6. The van der Waals surface area contributed by atoms with Crippen molar-refractivity contribution >= 4 is 11.6 Å². The van der Waals surface area contributed by atoms with Crippen LogP contribution in [0.25, 0.3) is 0 Å². The van der Waals surface area contributed by atoms with Gasteiger partial charge in [0.15, 0.2) is 12.4 Å². The van der Waals surface area contributed by atoms with E-state index in [1.165, 1.54) is 18.2 Å². The molecule has 1 N–H and O–H groups in total. The Morgan fingerprint density at radius 1 is 1.43 bits per heavy atom. The number of ether oxygens (including phenoxy) is 2. The average Bonchev–Trinajstić information content (AvgIpc) is 2.53. The molecule has 1 heterocycles. The smallest absolute Gasteiger partial charge is 0.311 e. The first-order chi connectivity index (χ1) is 10.1. The first-order valence-electron chi connectivity index (χ1n) is 6.48. The van der Waals surface area contributed by atoms with Gasteiger partial charge in [-0.15, -0.1) is 0 Å². The normalized spacial score (nSPS) is 14.8. The average molecular weight is 296 g/mol. The second kappa shape index (κ2) is 7.00. The predicted octanol–water partition coefficient (Wildman–Crippen LogP) is 0.325. The molecule has 1 aromatic carbocycles. The zero-order valence-electron chi connectivity index (χ0n) is 11.4. The molecule has 8 heteroatoms. The van der Waals surface area contributed by atoms with E-state index in [9.17, 15) is 14.9 Å². The molecule has 0 saturated carbocycles. The molecule has 1 aliphatic rings. The number of carbonyl (C=O) groups excluding carboxylic acids is 1. The summed E-state index contributed by atoms with van der Waals surface area (Å²) in [5.74, 6) is -0.224. The summed E-state index contributed by atoms with van der Waals surface area (Å²) < 4.78 is 10.4. The summed E-state index contributed by atoms with van der Waals surface area (Å²) in [7, 11) is 0. The van der Waals surface area contributed by atoms with Crippen LogP contribution in [0.4, 0.5) is 5.69 Å². The molecule has 0 atom stereocenters. The van der Waals surface area contributed by atoms with Gasteiger partial charge in [0.25, 0.3) is 5.91 Å². The minimum absolute atomic E-state index is 0.0128.